The van der Waals surface area contributed by atoms with Gasteiger partial charge in [0.25, 0.3) is 0 Å². The number of carbonyl (C=O) groups is 1. The Labute approximate surface area is 129 Å². The van der Waals surface area contributed by atoms with Gasteiger partial charge in [-0.05, 0) is 37.5 Å². The van der Waals surface area contributed by atoms with Crippen molar-refractivity contribution < 1.29 is 9.53 Å². The van der Waals surface area contributed by atoms with Crippen molar-refractivity contribution in [1.82, 2.24) is 5.32 Å². The fourth-order valence-electron chi connectivity index (χ4n) is 2.75. The fraction of sp³-hybridized carbons (Fsp3) is 0.533. The molecule has 1 aliphatic rings. The number of carbonyl (C=O) groups excluding carboxylic acids is 1. The average molecular weight is 316 g/mol. The van der Waals surface area contributed by atoms with Crippen molar-refractivity contribution >= 4 is 29.2 Å². The van der Waals surface area contributed by atoms with Crippen LogP contribution in [0.3, 0.4) is 0 Å². The Hall–Kier alpha value is -0.770. The number of hydrogen-bond acceptors (Lipinski definition) is 3. The lowest BCUT2D eigenvalue weighted by Crippen LogP contribution is -2.51. The van der Waals surface area contributed by atoms with Crippen LogP contribution in [0.5, 0.6) is 0 Å². The molecule has 110 valence electrons. The number of halogens is 2. The average Bonchev–Trinajstić information content (AvgIpc) is 2.93. The molecule has 0 amide bonds. The number of ether oxygens (including phenoxy) is 1. The van der Waals surface area contributed by atoms with Crippen molar-refractivity contribution in [2.24, 2.45) is 0 Å². The minimum absolute atomic E-state index is 0.317. The molecule has 5 heteroatoms. The van der Waals surface area contributed by atoms with E-state index in [1.807, 2.05) is 13.0 Å². The summed E-state index contributed by atoms with van der Waals surface area (Å²) in [6, 6.07) is 5.57. The van der Waals surface area contributed by atoms with E-state index in [4.69, 9.17) is 27.9 Å². The number of esters is 1. The summed E-state index contributed by atoms with van der Waals surface area (Å²) in [7, 11) is 1.40. The number of nitrogens with one attached hydrogen (secondary N) is 1. The van der Waals surface area contributed by atoms with Gasteiger partial charge < -0.3 is 4.74 Å². The van der Waals surface area contributed by atoms with Crippen molar-refractivity contribution in [2.75, 3.05) is 7.11 Å². The normalized spacial score (nSPS) is 18.8. The topological polar surface area (TPSA) is 38.3 Å². The largest absolute Gasteiger partial charge is 0.467 e. The van der Waals surface area contributed by atoms with Gasteiger partial charge in [-0.25, -0.2) is 4.79 Å². The van der Waals surface area contributed by atoms with Crippen LogP contribution >= 0.6 is 23.2 Å². The molecule has 1 saturated carbocycles. The quantitative estimate of drug-likeness (QED) is 0.856. The Balaban J connectivity index is 2.34. The summed E-state index contributed by atoms with van der Waals surface area (Å²) >= 11 is 12.0. The SMILES string of the molecule is COC(=O)C(C)(NC1CCCC1)c1ccc(Cl)c(Cl)c1. The van der Waals surface area contributed by atoms with Gasteiger partial charge in [-0.1, -0.05) is 42.1 Å². The van der Waals surface area contributed by atoms with Crippen LogP contribution in [-0.2, 0) is 15.1 Å². The molecule has 0 radical (unpaired) electrons. The van der Waals surface area contributed by atoms with Gasteiger partial charge in [0.05, 0.1) is 17.2 Å². The van der Waals surface area contributed by atoms with E-state index in [-0.39, 0.29) is 5.97 Å². The van der Waals surface area contributed by atoms with Gasteiger partial charge in [-0.2, -0.15) is 0 Å². The van der Waals surface area contributed by atoms with E-state index in [0.29, 0.717) is 16.1 Å². The van der Waals surface area contributed by atoms with Gasteiger partial charge in [-0.3, -0.25) is 5.32 Å². The predicted octanol–water partition coefficient (Wildman–Crippen LogP) is 3.91. The summed E-state index contributed by atoms with van der Waals surface area (Å²) in [4.78, 5) is 12.3. The van der Waals surface area contributed by atoms with Gasteiger partial charge in [0, 0.05) is 6.04 Å². The van der Waals surface area contributed by atoms with Gasteiger partial charge in [-0.15, -0.1) is 0 Å². The Kier molecular flexibility index (Phi) is 4.95. The van der Waals surface area contributed by atoms with Crippen LogP contribution in [0, 0.1) is 0 Å². The first kappa shape index (κ1) is 15.6. The maximum Gasteiger partial charge on any atom is 0.330 e. The van der Waals surface area contributed by atoms with Gasteiger partial charge >= 0.3 is 5.97 Å². The first-order valence-corrected chi connectivity index (χ1v) is 7.54. The molecule has 0 bridgehead atoms. The van der Waals surface area contributed by atoms with Crippen LogP contribution in [0.15, 0.2) is 18.2 Å². The van der Waals surface area contributed by atoms with Gasteiger partial charge in [0.15, 0.2) is 0 Å². The molecule has 20 heavy (non-hydrogen) atoms. The summed E-state index contributed by atoms with van der Waals surface area (Å²) in [5, 5.41) is 4.34. The summed E-state index contributed by atoms with van der Waals surface area (Å²) in [6.07, 6.45) is 4.54. The third-order valence-corrected chi connectivity index (χ3v) is 4.68. The van der Waals surface area contributed by atoms with Crippen LogP contribution in [0.25, 0.3) is 0 Å². The molecule has 2 rings (SSSR count). The minimum Gasteiger partial charge on any atom is -0.467 e. The van der Waals surface area contributed by atoms with E-state index in [2.05, 4.69) is 5.32 Å². The Morgan fingerprint density at radius 3 is 2.50 bits per heavy atom. The second-order valence-electron chi connectivity index (χ2n) is 5.37. The van der Waals surface area contributed by atoms with Gasteiger partial charge in [0.2, 0.25) is 0 Å². The lowest BCUT2D eigenvalue weighted by Gasteiger charge is -2.32. The van der Waals surface area contributed by atoms with E-state index in [1.165, 1.54) is 20.0 Å². The standard InChI is InChI=1S/C15H19Cl2NO2/c1-15(14(19)20-2,18-11-5-3-4-6-11)10-7-8-12(16)13(17)9-10/h7-9,11,18H,3-6H2,1-2H3. The second kappa shape index (κ2) is 6.33. The summed E-state index contributed by atoms with van der Waals surface area (Å²) in [6.45, 7) is 1.83. The van der Waals surface area contributed by atoms with E-state index in [9.17, 15) is 4.79 Å². The Bertz CT molecular complexity index is 501. The molecule has 0 aromatic heterocycles. The highest BCUT2D eigenvalue weighted by atomic mass is 35.5. The lowest BCUT2D eigenvalue weighted by molar-refractivity contribution is -0.148. The highest BCUT2D eigenvalue weighted by Crippen LogP contribution is 2.31. The molecule has 1 N–H and O–H groups in total. The number of hydrogen-bond donors (Lipinski definition) is 1. The van der Waals surface area contributed by atoms with E-state index in [0.717, 1.165) is 18.4 Å². The first-order chi connectivity index (χ1) is 9.47. The van der Waals surface area contributed by atoms with Crippen molar-refractivity contribution in [2.45, 2.75) is 44.2 Å². The van der Waals surface area contributed by atoms with Crippen molar-refractivity contribution in [3.63, 3.8) is 0 Å². The van der Waals surface area contributed by atoms with Crippen LogP contribution in [0.2, 0.25) is 10.0 Å². The molecule has 1 aromatic carbocycles. The number of methoxy groups -OCH3 is 1. The first-order valence-electron chi connectivity index (χ1n) is 6.79. The highest BCUT2D eigenvalue weighted by molar-refractivity contribution is 6.42. The van der Waals surface area contributed by atoms with Crippen LogP contribution < -0.4 is 5.32 Å². The monoisotopic (exact) mass is 315 g/mol. The third-order valence-electron chi connectivity index (χ3n) is 3.94. The zero-order valence-electron chi connectivity index (χ0n) is 11.7. The van der Waals surface area contributed by atoms with Crippen LogP contribution in [0.1, 0.15) is 38.2 Å². The molecule has 1 aliphatic carbocycles. The van der Waals surface area contributed by atoms with Crippen molar-refractivity contribution in [3.8, 4) is 0 Å². The fourth-order valence-corrected chi connectivity index (χ4v) is 3.05. The van der Waals surface area contributed by atoms with E-state index in [1.54, 1.807) is 12.1 Å². The molecule has 3 nitrogen and oxygen atoms in total. The maximum absolute atomic E-state index is 12.3. The van der Waals surface area contributed by atoms with Crippen molar-refractivity contribution in [1.29, 1.82) is 0 Å². The molecule has 0 saturated heterocycles. The Morgan fingerprint density at radius 2 is 1.95 bits per heavy atom. The molecule has 1 fully saturated rings. The molecule has 0 aliphatic heterocycles. The maximum atomic E-state index is 12.3. The number of benzene rings is 1. The predicted molar refractivity (Wildman–Crippen MR) is 81.2 cm³/mol. The summed E-state index contributed by atoms with van der Waals surface area (Å²) in [5.41, 5.74) is -0.136. The molecule has 1 aromatic rings. The summed E-state index contributed by atoms with van der Waals surface area (Å²) in [5.74, 6) is -0.317. The molecule has 0 heterocycles. The smallest absolute Gasteiger partial charge is 0.330 e. The molecule has 0 spiro atoms. The molecule has 1 unspecified atom stereocenters. The summed E-state index contributed by atoms with van der Waals surface area (Å²) < 4.78 is 4.97. The number of rotatable bonds is 4. The molecular formula is C15H19Cl2NO2. The second-order valence-corrected chi connectivity index (χ2v) is 6.19. The zero-order chi connectivity index (χ0) is 14.8. The highest BCUT2D eigenvalue weighted by Gasteiger charge is 2.39. The zero-order valence-corrected chi connectivity index (χ0v) is 13.2. The molecule has 1 atom stereocenters. The van der Waals surface area contributed by atoms with Gasteiger partial charge in [0.1, 0.15) is 5.54 Å². The minimum atomic E-state index is -0.905. The van der Waals surface area contributed by atoms with Crippen LogP contribution in [0.4, 0.5) is 0 Å². The van der Waals surface area contributed by atoms with E-state index < -0.39 is 5.54 Å². The lowest BCUT2D eigenvalue weighted by atomic mass is 9.90. The molecular weight excluding hydrogens is 297 g/mol. The van der Waals surface area contributed by atoms with Crippen molar-refractivity contribution in [3.05, 3.63) is 33.8 Å². The Morgan fingerprint density at radius 1 is 1.30 bits per heavy atom. The van der Waals surface area contributed by atoms with E-state index >= 15 is 0 Å². The third kappa shape index (κ3) is 3.11. The van der Waals surface area contributed by atoms with Crippen LogP contribution in [-0.4, -0.2) is 19.1 Å².